The molecule has 7 heteroatoms. The number of aliphatic imine (C=N–C) groups is 1. The van der Waals surface area contributed by atoms with Crippen LogP contribution in [0.3, 0.4) is 0 Å². The standard InChI is InChI=1S/C22H33N5O2/c1-5-23-22(25-14-18-17(3)21(28-4)16(2)13-24-18)26-15-19(20-9-8-12-29-20)27-10-6-7-11-27/h8-9,12-13,19H,5-7,10-11,14-15H2,1-4H3,(H2,23,25,26). The second-order valence-electron chi connectivity index (χ2n) is 7.40. The van der Waals surface area contributed by atoms with E-state index in [2.05, 4.69) is 33.5 Å². The highest BCUT2D eigenvalue weighted by atomic mass is 16.5. The van der Waals surface area contributed by atoms with Gasteiger partial charge >= 0.3 is 0 Å². The summed E-state index contributed by atoms with van der Waals surface area (Å²) < 4.78 is 11.2. The predicted octanol–water partition coefficient (Wildman–Crippen LogP) is 3.19. The van der Waals surface area contributed by atoms with Crippen molar-refractivity contribution < 1.29 is 9.15 Å². The third-order valence-corrected chi connectivity index (χ3v) is 5.40. The van der Waals surface area contributed by atoms with Crippen LogP contribution in [0, 0.1) is 13.8 Å². The van der Waals surface area contributed by atoms with Gasteiger partial charge in [-0.1, -0.05) is 0 Å². The Bertz CT molecular complexity index is 798. The number of pyridine rings is 1. The fourth-order valence-electron chi connectivity index (χ4n) is 3.86. The molecular weight excluding hydrogens is 366 g/mol. The van der Waals surface area contributed by atoms with Crippen LogP contribution in [0.2, 0.25) is 0 Å². The molecule has 0 bridgehead atoms. The number of aryl methyl sites for hydroxylation is 1. The minimum atomic E-state index is 0.204. The Labute approximate surface area is 173 Å². The summed E-state index contributed by atoms with van der Waals surface area (Å²) >= 11 is 0. The van der Waals surface area contributed by atoms with E-state index in [-0.39, 0.29) is 6.04 Å². The second-order valence-corrected chi connectivity index (χ2v) is 7.40. The lowest BCUT2D eigenvalue weighted by atomic mass is 10.1. The van der Waals surface area contributed by atoms with Crippen LogP contribution in [-0.4, -0.2) is 49.1 Å². The van der Waals surface area contributed by atoms with Gasteiger partial charge in [0.2, 0.25) is 0 Å². The Balaban J connectivity index is 1.70. The van der Waals surface area contributed by atoms with E-state index in [1.165, 1.54) is 12.8 Å². The molecule has 1 atom stereocenters. The zero-order valence-electron chi connectivity index (χ0n) is 18.0. The van der Waals surface area contributed by atoms with Gasteiger partial charge in [0.05, 0.1) is 31.7 Å². The van der Waals surface area contributed by atoms with Crippen molar-refractivity contribution in [2.24, 2.45) is 4.99 Å². The highest BCUT2D eigenvalue weighted by molar-refractivity contribution is 5.79. The van der Waals surface area contributed by atoms with Crippen molar-refractivity contribution in [1.29, 1.82) is 0 Å². The summed E-state index contributed by atoms with van der Waals surface area (Å²) in [6.07, 6.45) is 6.07. The van der Waals surface area contributed by atoms with Crippen LogP contribution >= 0.6 is 0 Å². The number of rotatable bonds is 8. The number of hydrogen-bond acceptors (Lipinski definition) is 5. The summed E-state index contributed by atoms with van der Waals surface area (Å²) in [4.78, 5) is 11.8. The predicted molar refractivity (Wildman–Crippen MR) is 115 cm³/mol. The number of furan rings is 1. The summed E-state index contributed by atoms with van der Waals surface area (Å²) in [5.74, 6) is 2.66. The van der Waals surface area contributed by atoms with E-state index in [9.17, 15) is 0 Å². The Hall–Kier alpha value is -2.54. The molecule has 7 nitrogen and oxygen atoms in total. The molecule has 1 aliphatic heterocycles. The maximum absolute atomic E-state index is 5.72. The molecule has 1 unspecified atom stereocenters. The van der Waals surface area contributed by atoms with Crippen LogP contribution in [0.5, 0.6) is 5.75 Å². The molecule has 0 amide bonds. The van der Waals surface area contributed by atoms with Crippen molar-refractivity contribution in [2.75, 3.05) is 33.3 Å². The summed E-state index contributed by atoms with van der Waals surface area (Å²) in [6.45, 7) is 10.3. The molecule has 1 saturated heterocycles. The van der Waals surface area contributed by atoms with Crippen molar-refractivity contribution in [3.05, 3.63) is 47.2 Å². The molecule has 2 N–H and O–H groups in total. The van der Waals surface area contributed by atoms with Crippen LogP contribution in [-0.2, 0) is 6.54 Å². The maximum atomic E-state index is 5.72. The molecule has 158 valence electrons. The fourth-order valence-corrected chi connectivity index (χ4v) is 3.86. The lowest BCUT2D eigenvalue weighted by molar-refractivity contribution is 0.215. The third kappa shape index (κ3) is 5.29. The second kappa shape index (κ2) is 10.3. The molecule has 0 spiro atoms. The number of nitrogens with one attached hydrogen (secondary N) is 2. The minimum absolute atomic E-state index is 0.204. The molecule has 3 heterocycles. The van der Waals surface area contributed by atoms with Gasteiger partial charge in [-0.2, -0.15) is 0 Å². The molecule has 1 aliphatic rings. The molecule has 3 rings (SSSR count). The first-order chi connectivity index (χ1) is 14.1. The van der Waals surface area contributed by atoms with Crippen LogP contribution in [0.25, 0.3) is 0 Å². The first-order valence-electron chi connectivity index (χ1n) is 10.4. The Kier molecular flexibility index (Phi) is 7.52. The Morgan fingerprint density at radius 2 is 2.10 bits per heavy atom. The van der Waals surface area contributed by atoms with E-state index >= 15 is 0 Å². The average Bonchev–Trinajstić information content (AvgIpc) is 3.42. The summed E-state index contributed by atoms with van der Waals surface area (Å²) in [7, 11) is 1.70. The van der Waals surface area contributed by atoms with E-state index in [1.54, 1.807) is 13.4 Å². The zero-order chi connectivity index (χ0) is 20.6. The quantitative estimate of drug-likeness (QED) is 0.525. The monoisotopic (exact) mass is 399 g/mol. The Morgan fingerprint density at radius 3 is 2.76 bits per heavy atom. The van der Waals surface area contributed by atoms with Crippen molar-refractivity contribution in [2.45, 2.75) is 46.2 Å². The lowest BCUT2D eigenvalue weighted by Crippen LogP contribution is -2.42. The number of likely N-dealkylation sites (tertiary alicyclic amines) is 1. The van der Waals surface area contributed by atoms with E-state index in [0.717, 1.165) is 60.5 Å². The highest BCUT2D eigenvalue weighted by Crippen LogP contribution is 2.25. The molecule has 0 saturated carbocycles. The first-order valence-corrected chi connectivity index (χ1v) is 10.4. The molecule has 0 aromatic carbocycles. The fraction of sp³-hybridized carbons (Fsp3) is 0.545. The number of nitrogens with zero attached hydrogens (tertiary/aromatic N) is 3. The smallest absolute Gasteiger partial charge is 0.191 e. The van der Waals surface area contributed by atoms with Crippen LogP contribution in [0.15, 0.2) is 34.0 Å². The maximum Gasteiger partial charge on any atom is 0.191 e. The molecule has 2 aromatic rings. The van der Waals surface area contributed by atoms with Gasteiger partial charge in [-0.15, -0.1) is 0 Å². The summed E-state index contributed by atoms with van der Waals surface area (Å²) in [5, 5.41) is 6.83. The number of ether oxygens (including phenoxy) is 1. The third-order valence-electron chi connectivity index (χ3n) is 5.40. The van der Waals surface area contributed by atoms with Crippen molar-refractivity contribution >= 4 is 5.96 Å². The largest absolute Gasteiger partial charge is 0.496 e. The molecule has 0 radical (unpaired) electrons. The molecule has 0 aliphatic carbocycles. The van der Waals surface area contributed by atoms with E-state index in [1.807, 2.05) is 26.1 Å². The van der Waals surface area contributed by atoms with Crippen molar-refractivity contribution in [3.8, 4) is 5.75 Å². The molecule has 1 fully saturated rings. The van der Waals surface area contributed by atoms with E-state index in [0.29, 0.717) is 6.54 Å². The van der Waals surface area contributed by atoms with Crippen LogP contribution in [0.4, 0.5) is 0 Å². The van der Waals surface area contributed by atoms with Gasteiger partial charge < -0.3 is 19.8 Å². The van der Waals surface area contributed by atoms with Crippen LogP contribution < -0.4 is 15.4 Å². The van der Waals surface area contributed by atoms with Crippen LogP contribution in [0.1, 0.15) is 48.4 Å². The SMILES string of the molecule is CCNC(=NCc1ncc(C)c(OC)c1C)NCC(c1ccco1)N1CCCC1. The van der Waals surface area contributed by atoms with E-state index in [4.69, 9.17) is 14.1 Å². The first kappa shape index (κ1) is 21.2. The van der Waals surface area contributed by atoms with E-state index < -0.39 is 0 Å². The van der Waals surface area contributed by atoms with Gasteiger partial charge in [-0.25, -0.2) is 4.99 Å². The average molecular weight is 400 g/mol. The van der Waals surface area contributed by atoms with Gasteiger partial charge in [0.15, 0.2) is 5.96 Å². The van der Waals surface area contributed by atoms with Gasteiger partial charge in [-0.3, -0.25) is 9.88 Å². The number of methoxy groups -OCH3 is 1. The number of guanidine groups is 1. The van der Waals surface area contributed by atoms with Gasteiger partial charge in [0, 0.05) is 30.4 Å². The summed E-state index contributed by atoms with van der Waals surface area (Å²) in [5.41, 5.74) is 3.00. The topological polar surface area (TPSA) is 74.9 Å². The normalized spacial score (nSPS) is 16.1. The number of hydrogen-bond donors (Lipinski definition) is 2. The van der Waals surface area contributed by atoms with Crippen molar-refractivity contribution in [1.82, 2.24) is 20.5 Å². The zero-order valence-corrected chi connectivity index (χ0v) is 18.0. The van der Waals surface area contributed by atoms with Crippen molar-refractivity contribution in [3.63, 3.8) is 0 Å². The lowest BCUT2D eigenvalue weighted by Gasteiger charge is -2.26. The molecular formula is C22H33N5O2. The summed E-state index contributed by atoms with van der Waals surface area (Å²) in [6, 6.07) is 4.22. The molecule has 29 heavy (non-hydrogen) atoms. The van der Waals surface area contributed by atoms with Gasteiger partial charge in [0.25, 0.3) is 0 Å². The highest BCUT2D eigenvalue weighted by Gasteiger charge is 2.25. The minimum Gasteiger partial charge on any atom is -0.496 e. The van der Waals surface area contributed by atoms with Gasteiger partial charge in [0.1, 0.15) is 11.5 Å². The Morgan fingerprint density at radius 1 is 1.31 bits per heavy atom. The molecule has 2 aromatic heterocycles. The number of aromatic nitrogens is 1. The van der Waals surface area contributed by atoms with Gasteiger partial charge in [-0.05, 0) is 58.8 Å².